The van der Waals surface area contributed by atoms with Crippen molar-refractivity contribution in [2.75, 3.05) is 0 Å². The van der Waals surface area contributed by atoms with Gasteiger partial charge in [0, 0.05) is 10.9 Å². The number of carbonyl (C=O) groups excluding carboxylic acids is 1. The summed E-state index contributed by atoms with van der Waals surface area (Å²) < 4.78 is 33.8. The number of rotatable bonds is 7. The van der Waals surface area contributed by atoms with Crippen molar-refractivity contribution in [2.24, 2.45) is 0 Å². The Labute approximate surface area is 187 Å². The molecule has 1 heterocycles. The molecule has 0 fully saturated rings. The molecule has 0 saturated heterocycles. The van der Waals surface area contributed by atoms with Crippen LogP contribution in [0.3, 0.4) is 0 Å². The molecule has 0 spiro atoms. The number of nitrogens with one attached hydrogen (secondary N) is 1. The Bertz CT molecular complexity index is 1180. The highest BCUT2D eigenvalue weighted by Crippen LogP contribution is 2.26. The van der Waals surface area contributed by atoms with Gasteiger partial charge >= 0.3 is 5.97 Å². The summed E-state index contributed by atoms with van der Waals surface area (Å²) in [5.74, 6) is -0.655. The quantitative estimate of drug-likeness (QED) is 0.529. The summed E-state index contributed by atoms with van der Waals surface area (Å²) in [6.07, 6.45) is 0. The van der Waals surface area contributed by atoms with Crippen molar-refractivity contribution in [1.82, 2.24) is 9.71 Å². The van der Waals surface area contributed by atoms with Gasteiger partial charge in [0.05, 0.1) is 10.6 Å². The summed E-state index contributed by atoms with van der Waals surface area (Å²) in [6, 6.07) is 10.6. The van der Waals surface area contributed by atoms with Gasteiger partial charge in [-0.1, -0.05) is 36.4 Å². The molecule has 2 aromatic carbocycles. The lowest BCUT2D eigenvalue weighted by Gasteiger charge is -2.18. The first kappa shape index (κ1) is 23.1. The zero-order chi connectivity index (χ0) is 22.8. The number of nitrogens with zero attached hydrogens (tertiary/aromatic N) is 1. The minimum Gasteiger partial charge on any atom is -0.458 e. The third kappa shape index (κ3) is 5.20. The lowest BCUT2D eigenvalue weighted by molar-refractivity contribution is -0.146. The molecule has 0 saturated carbocycles. The van der Waals surface area contributed by atoms with Crippen LogP contribution in [0.2, 0.25) is 0 Å². The number of sulfonamides is 1. The van der Waals surface area contributed by atoms with Gasteiger partial charge in [0.1, 0.15) is 17.7 Å². The molecule has 0 aliphatic heterocycles. The van der Waals surface area contributed by atoms with Crippen molar-refractivity contribution in [1.29, 1.82) is 0 Å². The van der Waals surface area contributed by atoms with E-state index in [1.165, 1.54) is 18.3 Å². The number of ether oxygens (including phenoxy) is 1. The van der Waals surface area contributed by atoms with Crippen molar-refractivity contribution in [3.63, 3.8) is 0 Å². The molecule has 6 nitrogen and oxygen atoms in total. The largest absolute Gasteiger partial charge is 0.458 e. The standard InChI is InChI=1S/C23H26N2O4S2/c1-14-11-15(2)17(4)21(16(14)3)31(27,28)25-18(5)23(26)29-12-20-13-30-22(24-20)19-9-7-6-8-10-19/h6-11,13,18,25H,12H2,1-5H3. The van der Waals surface area contributed by atoms with Crippen LogP contribution in [0, 0.1) is 27.7 Å². The fraction of sp³-hybridized carbons (Fsp3) is 0.304. The molecule has 164 valence electrons. The number of hydrogen-bond acceptors (Lipinski definition) is 6. The number of aryl methyl sites for hydroxylation is 2. The van der Waals surface area contributed by atoms with Crippen LogP contribution >= 0.6 is 11.3 Å². The second-order valence-corrected chi connectivity index (χ2v) is 10.1. The molecule has 1 aromatic heterocycles. The Morgan fingerprint density at radius 3 is 2.32 bits per heavy atom. The second kappa shape index (κ2) is 9.30. The summed E-state index contributed by atoms with van der Waals surface area (Å²) in [7, 11) is -3.89. The maximum atomic E-state index is 13.0. The minimum absolute atomic E-state index is 0.0180. The Kier molecular flexibility index (Phi) is 6.93. The van der Waals surface area contributed by atoms with Crippen LogP contribution in [0.5, 0.6) is 0 Å². The van der Waals surface area contributed by atoms with E-state index < -0.39 is 22.0 Å². The summed E-state index contributed by atoms with van der Waals surface area (Å²) in [5, 5.41) is 2.66. The van der Waals surface area contributed by atoms with Crippen LogP contribution in [0.1, 0.15) is 34.9 Å². The predicted octanol–water partition coefficient (Wildman–Crippen LogP) is 4.45. The predicted molar refractivity (Wildman–Crippen MR) is 123 cm³/mol. The van der Waals surface area contributed by atoms with Crippen LogP contribution in [0.15, 0.2) is 46.7 Å². The van der Waals surface area contributed by atoms with E-state index in [1.54, 1.807) is 13.8 Å². The van der Waals surface area contributed by atoms with Crippen molar-refractivity contribution in [2.45, 2.75) is 52.2 Å². The summed E-state index contributed by atoms with van der Waals surface area (Å²) in [4.78, 5) is 17.1. The zero-order valence-corrected chi connectivity index (χ0v) is 19.9. The summed E-state index contributed by atoms with van der Waals surface area (Å²) >= 11 is 1.46. The van der Waals surface area contributed by atoms with E-state index in [0.717, 1.165) is 21.7 Å². The Hall–Kier alpha value is -2.55. The topological polar surface area (TPSA) is 85.4 Å². The molecule has 0 amide bonds. The van der Waals surface area contributed by atoms with Crippen LogP contribution in [0.25, 0.3) is 10.6 Å². The Balaban J connectivity index is 1.67. The molecular formula is C23H26N2O4S2. The molecule has 31 heavy (non-hydrogen) atoms. The van der Waals surface area contributed by atoms with Gasteiger partial charge in [0.15, 0.2) is 0 Å². The van der Waals surface area contributed by atoms with Crippen molar-refractivity contribution in [3.05, 3.63) is 69.7 Å². The van der Waals surface area contributed by atoms with Gasteiger partial charge < -0.3 is 4.74 Å². The molecule has 0 aliphatic rings. The van der Waals surface area contributed by atoms with Crippen LogP contribution < -0.4 is 4.72 Å². The van der Waals surface area contributed by atoms with Gasteiger partial charge in [-0.25, -0.2) is 13.4 Å². The second-order valence-electron chi connectivity index (χ2n) is 7.55. The van der Waals surface area contributed by atoms with Crippen molar-refractivity contribution >= 4 is 27.3 Å². The van der Waals surface area contributed by atoms with E-state index in [-0.39, 0.29) is 11.5 Å². The molecule has 0 aliphatic carbocycles. The molecule has 1 N–H and O–H groups in total. The molecule has 3 rings (SSSR count). The van der Waals surface area contributed by atoms with Crippen molar-refractivity contribution in [3.8, 4) is 10.6 Å². The number of aromatic nitrogens is 1. The third-order valence-electron chi connectivity index (χ3n) is 5.19. The van der Waals surface area contributed by atoms with E-state index in [0.29, 0.717) is 16.8 Å². The molecule has 1 unspecified atom stereocenters. The summed E-state index contributed by atoms with van der Waals surface area (Å²) in [5.41, 5.74) is 4.73. The molecule has 0 radical (unpaired) electrons. The average molecular weight is 459 g/mol. The smallest absolute Gasteiger partial charge is 0.324 e. The van der Waals surface area contributed by atoms with E-state index >= 15 is 0 Å². The van der Waals surface area contributed by atoms with E-state index in [1.807, 2.05) is 55.6 Å². The van der Waals surface area contributed by atoms with Crippen LogP contribution in [-0.2, 0) is 26.2 Å². The van der Waals surface area contributed by atoms with Gasteiger partial charge in [-0.2, -0.15) is 4.72 Å². The van der Waals surface area contributed by atoms with Gasteiger partial charge in [0.2, 0.25) is 10.0 Å². The number of benzene rings is 2. The van der Waals surface area contributed by atoms with Gasteiger partial charge in [-0.05, 0) is 56.9 Å². The van der Waals surface area contributed by atoms with E-state index in [4.69, 9.17) is 4.74 Å². The minimum atomic E-state index is -3.89. The number of thiazole rings is 1. The maximum Gasteiger partial charge on any atom is 0.324 e. The van der Waals surface area contributed by atoms with Gasteiger partial charge in [0.25, 0.3) is 0 Å². The first-order valence-electron chi connectivity index (χ1n) is 9.86. The zero-order valence-electron chi connectivity index (χ0n) is 18.2. The van der Waals surface area contributed by atoms with Crippen molar-refractivity contribution < 1.29 is 17.9 Å². The lowest BCUT2D eigenvalue weighted by Crippen LogP contribution is -2.40. The SMILES string of the molecule is Cc1cc(C)c(C)c(S(=O)(=O)NC(C)C(=O)OCc2csc(-c3ccccc3)n2)c1C. The molecule has 8 heteroatoms. The van der Waals surface area contributed by atoms with E-state index in [2.05, 4.69) is 9.71 Å². The summed E-state index contributed by atoms with van der Waals surface area (Å²) in [6.45, 7) is 8.74. The molecule has 0 bridgehead atoms. The first-order chi connectivity index (χ1) is 14.6. The number of hydrogen-bond donors (Lipinski definition) is 1. The lowest BCUT2D eigenvalue weighted by atomic mass is 10.0. The van der Waals surface area contributed by atoms with Crippen LogP contribution in [0.4, 0.5) is 0 Å². The monoisotopic (exact) mass is 458 g/mol. The fourth-order valence-electron chi connectivity index (χ4n) is 3.28. The first-order valence-corrected chi connectivity index (χ1v) is 12.2. The average Bonchev–Trinajstić information content (AvgIpc) is 3.20. The molecule has 1 atom stereocenters. The molecule has 3 aromatic rings. The normalized spacial score (nSPS) is 12.5. The third-order valence-corrected chi connectivity index (χ3v) is 7.94. The fourth-order valence-corrected chi connectivity index (χ4v) is 5.90. The highest BCUT2D eigenvalue weighted by molar-refractivity contribution is 7.89. The van der Waals surface area contributed by atoms with Crippen LogP contribution in [-0.4, -0.2) is 25.4 Å². The van der Waals surface area contributed by atoms with Gasteiger partial charge in [-0.15, -0.1) is 11.3 Å². The Morgan fingerprint density at radius 2 is 1.71 bits per heavy atom. The number of esters is 1. The van der Waals surface area contributed by atoms with E-state index in [9.17, 15) is 13.2 Å². The Morgan fingerprint density at radius 1 is 1.10 bits per heavy atom. The van der Waals surface area contributed by atoms with Gasteiger partial charge in [-0.3, -0.25) is 4.79 Å². The highest BCUT2D eigenvalue weighted by Gasteiger charge is 2.27. The molecular weight excluding hydrogens is 432 g/mol. The maximum absolute atomic E-state index is 13.0. The number of carbonyl (C=O) groups is 1. The highest BCUT2D eigenvalue weighted by atomic mass is 32.2.